The molecule has 0 atom stereocenters. The maximum atomic E-state index is 13.0. The van der Waals surface area contributed by atoms with E-state index in [0.29, 0.717) is 32.9 Å². The average Bonchev–Trinajstić information content (AvgIpc) is 3.58. The van der Waals surface area contributed by atoms with Gasteiger partial charge in [0.25, 0.3) is 5.91 Å². The highest BCUT2D eigenvalue weighted by atomic mass is 35.5. The summed E-state index contributed by atoms with van der Waals surface area (Å²) in [6.07, 6.45) is -3.87. The first-order valence-electron chi connectivity index (χ1n) is 12.0. The third-order valence-electron chi connectivity index (χ3n) is 5.79. The minimum Gasteiger partial charge on any atom is -0.347 e. The zero-order chi connectivity index (χ0) is 28.1. The van der Waals surface area contributed by atoms with E-state index in [-0.39, 0.29) is 12.2 Å². The highest BCUT2D eigenvalue weighted by Gasteiger charge is 2.30. The van der Waals surface area contributed by atoms with Gasteiger partial charge in [-0.2, -0.15) is 13.2 Å². The molecular formula is C28H21ClF3N5OS2. The number of nitrogens with zero attached hydrogens (tertiary/aromatic N) is 4. The molecule has 40 heavy (non-hydrogen) atoms. The van der Waals surface area contributed by atoms with E-state index in [2.05, 4.69) is 20.5 Å². The third kappa shape index (κ3) is 6.90. The summed E-state index contributed by atoms with van der Waals surface area (Å²) < 4.78 is 40.8. The van der Waals surface area contributed by atoms with Gasteiger partial charge in [-0.15, -0.1) is 21.5 Å². The van der Waals surface area contributed by atoms with E-state index in [1.807, 2.05) is 53.1 Å². The number of thiazole rings is 1. The van der Waals surface area contributed by atoms with Crippen molar-refractivity contribution in [1.29, 1.82) is 0 Å². The van der Waals surface area contributed by atoms with Crippen LogP contribution in [0.25, 0.3) is 5.69 Å². The Morgan fingerprint density at radius 1 is 0.975 bits per heavy atom. The molecule has 0 fully saturated rings. The lowest BCUT2D eigenvalue weighted by Crippen LogP contribution is -2.23. The number of aromatic nitrogens is 4. The van der Waals surface area contributed by atoms with Gasteiger partial charge in [-0.1, -0.05) is 71.9 Å². The van der Waals surface area contributed by atoms with Crippen LogP contribution in [0.15, 0.2) is 89.4 Å². The number of hydrogen-bond donors (Lipinski definition) is 1. The third-order valence-corrected chi connectivity index (χ3v) is 8.00. The summed E-state index contributed by atoms with van der Waals surface area (Å²) in [6.45, 7) is -0.0444. The fourth-order valence-corrected chi connectivity index (χ4v) is 5.85. The van der Waals surface area contributed by atoms with Crippen LogP contribution in [0, 0.1) is 0 Å². The lowest BCUT2D eigenvalue weighted by Gasteiger charge is -2.10. The Morgan fingerprint density at radius 2 is 1.75 bits per heavy atom. The Morgan fingerprint density at radius 3 is 2.52 bits per heavy atom. The van der Waals surface area contributed by atoms with Crippen LogP contribution in [0.5, 0.6) is 0 Å². The molecule has 204 valence electrons. The number of alkyl halides is 3. The fourth-order valence-electron chi connectivity index (χ4n) is 3.90. The van der Waals surface area contributed by atoms with Crippen LogP contribution in [0.2, 0.25) is 5.02 Å². The molecule has 0 aliphatic heterocycles. The van der Waals surface area contributed by atoms with Crippen molar-refractivity contribution in [3.8, 4) is 5.69 Å². The van der Waals surface area contributed by atoms with Crippen LogP contribution in [-0.4, -0.2) is 25.7 Å². The fraction of sp³-hybridized carbons (Fsp3) is 0.143. The molecule has 2 aromatic heterocycles. The van der Waals surface area contributed by atoms with Gasteiger partial charge in [-0.25, -0.2) is 4.98 Å². The van der Waals surface area contributed by atoms with Crippen molar-refractivity contribution >= 4 is 40.6 Å². The van der Waals surface area contributed by atoms with E-state index >= 15 is 0 Å². The molecule has 12 heteroatoms. The molecule has 0 saturated carbocycles. The molecule has 0 bridgehead atoms. The average molecular weight is 600 g/mol. The van der Waals surface area contributed by atoms with Gasteiger partial charge < -0.3 is 5.32 Å². The Bertz CT molecular complexity index is 1620. The van der Waals surface area contributed by atoms with Crippen LogP contribution in [0.1, 0.15) is 38.0 Å². The van der Waals surface area contributed by atoms with E-state index in [4.69, 9.17) is 11.6 Å². The van der Waals surface area contributed by atoms with E-state index in [1.54, 1.807) is 11.4 Å². The molecule has 0 radical (unpaired) electrons. The Hall–Kier alpha value is -3.67. The molecule has 0 aliphatic rings. The van der Waals surface area contributed by atoms with Crippen molar-refractivity contribution in [2.45, 2.75) is 30.1 Å². The Labute approximate surface area is 241 Å². The number of hydrogen-bond acceptors (Lipinski definition) is 6. The number of benzene rings is 3. The number of thioether (sulfide) groups is 1. The van der Waals surface area contributed by atoms with Crippen molar-refractivity contribution in [1.82, 2.24) is 25.1 Å². The van der Waals surface area contributed by atoms with E-state index in [9.17, 15) is 18.0 Å². The lowest BCUT2D eigenvalue weighted by molar-refractivity contribution is -0.137. The zero-order valence-electron chi connectivity index (χ0n) is 20.7. The van der Waals surface area contributed by atoms with Crippen LogP contribution in [0.4, 0.5) is 13.2 Å². The monoisotopic (exact) mass is 599 g/mol. The molecule has 5 aromatic rings. The highest BCUT2D eigenvalue weighted by Crippen LogP contribution is 2.30. The number of amides is 1. The number of carbonyl (C=O) groups is 1. The predicted molar refractivity (Wildman–Crippen MR) is 150 cm³/mol. The summed E-state index contributed by atoms with van der Waals surface area (Å²) >= 11 is 9.01. The zero-order valence-corrected chi connectivity index (χ0v) is 23.1. The molecule has 0 unspecified atom stereocenters. The molecule has 0 saturated heterocycles. The SMILES string of the molecule is O=C(NCc1cccc(C(F)(F)F)c1)c1csc(CSc2nnc(Cc3ccccc3)n2-c2cccc(Cl)c2)n1. The molecule has 3 aromatic carbocycles. The van der Waals surface area contributed by atoms with Crippen molar-refractivity contribution in [2.75, 3.05) is 0 Å². The molecule has 0 spiro atoms. The van der Waals surface area contributed by atoms with Crippen LogP contribution >= 0.6 is 34.7 Å². The smallest absolute Gasteiger partial charge is 0.347 e. The predicted octanol–water partition coefficient (Wildman–Crippen LogP) is 7.21. The van der Waals surface area contributed by atoms with Crippen molar-refractivity contribution in [3.63, 3.8) is 0 Å². The number of halogens is 4. The number of carbonyl (C=O) groups excluding carboxylic acids is 1. The summed E-state index contributed by atoms with van der Waals surface area (Å²) in [5.74, 6) is 0.734. The van der Waals surface area contributed by atoms with Crippen LogP contribution < -0.4 is 5.32 Å². The number of rotatable bonds is 9. The highest BCUT2D eigenvalue weighted by molar-refractivity contribution is 7.98. The molecule has 1 amide bonds. The van der Waals surface area contributed by atoms with Crippen LogP contribution in [-0.2, 0) is 24.9 Å². The van der Waals surface area contributed by atoms with Gasteiger partial charge in [-0.05, 0) is 41.5 Å². The van der Waals surface area contributed by atoms with Gasteiger partial charge >= 0.3 is 6.18 Å². The second-order valence-corrected chi connectivity index (χ2v) is 11.0. The quantitative estimate of drug-likeness (QED) is 0.181. The van der Waals surface area contributed by atoms with Crippen molar-refractivity contribution in [2.24, 2.45) is 0 Å². The van der Waals surface area contributed by atoms with Gasteiger partial charge in [0.1, 0.15) is 16.5 Å². The maximum Gasteiger partial charge on any atom is 0.416 e. The standard InChI is InChI=1S/C28H21ClF3N5OS2/c29-21-10-5-11-22(14-21)37-24(13-18-6-2-1-3-7-18)35-36-27(37)40-17-25-34-23(16-39-25)26(38)33-15-19-8-4-9-20(12-19)28(30,31)32/h1-12,14,16H,13,15,17H2,(H,33,38). The maximum absolute atomic E-state index is 13.0. The van der Waals surface area contributed by atoms with E-state index < -0.39 is 17.6 Å². The first-order valence-corrected chi connectivity index (χ1v) is 14.3. The summed E-state index contributed by atoms with van der Waals surface area (Å²) in [5, 5.41) is 15.0. The topological polar surface area (TPSA) is 72.7 Å². The van der Waals surface area contributed by atoms with Gasteiger partial charge in [0.15, 0.2) is 5.16 Å². The lowest BCUT2D eigenvalue weighted by atomic mass is 10.1. The summed E-state index contributed by atoms with van der Waals surface area (Å²) in [6, 6.07) is 22.3. The minimum atomic E-state index is -4.44. The van der Waals surface area contributed by atoms with E-state index in [0.717, 1.165) is 29.2 Å². The molecule has 1 N–H and O–H groups in total. The molecule has 6 nitrogen and oxygen atoms in total. The van der Waals surface area contributed by atoms with Gasteiger partial charge in [0.05, 0.1) is 17.0 Å². The van der Waals surface area contributed by atoms with Gasteiger partial charge in [0, 0.05) is 23.4 Å². The molecule has 5 rings (SSSR count). The van der Waals surface area contributed by atoms with Crippen LogP contribution in [0.3, 0.4) is 0 Å². The first kappa shape index (κ1) is 27.9. The Kier molecular flexibility index (Phi) is 8.53. The minimum absolute atomic E-state index is 0.0444. The molecular weight excluding hydrogens is 579 g/mol. The van der Waals surface area contributed by atoms with Crippen molar-refractivity contribution < 1.29 is 18.0 Å². The second-order valence-electron chi connectivity index (χ2n) is 8.67. The molecule has 2 heterocycles. The summed E-state index contributed by atoms with van der Waals surface area (Å²) in [7, 11) is 0. The second kappa shape index (κ2) is 12.2. The van der Waals surface area contributed by atoms with Gasteiger partial charge in [-0.3, -0.25) is 9.36 Å². The first-order chi connectivity index (χ1) is 19.3. The summed E-state index contributed by atoms with van der Waals surface area (Å²) in [4.78, 5) is 17.0. The van der Waals surface area contributed by atoms with Crippen molar-refractivity contribution in [3.05, 3.63) is 122 Å². The van der Waals surface area contributed by atoms with Gasteiger partial charge in [0.2, 0.25) is 0 Å². The Balaban J connectivity index is 1.27. The normalized spacial score (nSPS) is 11.5. The molecule has 0 aliphatic carbocycles. The summed E-state index contributed by atoms with van der Waals surface area (Å²) in [5.41, 5.74) is 1.72. The largest absolute Gasteiger partial charge is 0.416 e. The number of nitrogens with one attached hydrogen (secondary N) is 1. The van der Waals surface area contributed by atoms with E-state index in [1.165, 1.54) is 35.2 Å².